The van der Waals surface area contributed by atoms with E-state index in [2.05, 4.69) is 29.6 Å². The molecule has 0 fully saturated rings. The molecule has 0 saturated heterocycles. The van der Waals surface area contributed by atoms with Gasteiger partial charge in [-0.1, -0.05) is 20.3 Å². The van der Waals surface area contributed by atoms with E-state index in [1.807, 2.05) is 7.05 Å². The van der Waals surface area contributed by atoms with Gasteiger partial charge in [0.05, 0.1) is 11.9 Å². The van der Waals surface area contributed by atoms with Crippen LogP contribution in [0.5, 0.6) is 0 Å². The Morgan fingerprint density at radius 1 is 1.47 bits per heavy atom. The molecule has 0 bridgehead atoms. The van der Waals surface area contributed by atoms with Gasteiger partial charge in [0.2, 0.25) is 0 Å². The number of rotatable bonds is 7. The van der Waals surface area contributed by atoms with Gasteiger partial charge in [-0.05, 0) is 13.0 Å². The van der Waals surface area contributed by atoms with Crippen LogP contribution in [0.2, 0.25) is 0 Å². The van der Waals surface area contributed by atoms with Crippen molar-refractivity contribution < 1.29 is 0 Å². The topological polar surface area (TPSA) is 59.0 Å². The van der Waals surface area contributed by atoms with E-state index < -0.39 is 0 Å². The Balaban J connectivity index is 2.63. The van der Waals surface area contributed by atoms with E-state index in [4.69, 9.17) is 0 Å². The van der Waals surface area contributed by atoms with Crippen molar-refractivity contribution in [3.05, 3.63) is 22.6 Å². The van der Waals surface area contributed by atoms with Gasteiger partial charge in [-0.2, -0.15) is 5.10 Å². The van der Waals surface area contributed by atoms with Crippen molar-refractivity contribution in [2.75, 3.05) is 25.5 Å². The summed E-state index contributed by atoms with van der Waals surface area (Å²) < 4.78 is 1.53. The summed E-state index contributed by atoms with van der Waals surface area (Å²) in [4.78, 5) is 11.8. The Bertz CT molecular complexity index is 388. The number of aromatic nitrogens is 2. The summed E-state index contributed by atoms with van der Waals surface area (Å²) in [5, 5.41) is 10.3. The summed E-state index contributed by atoms with van der Waals surface area (Å²) in [5.41, 5.74) is 0.741. The molecule has 5 heteroatoms. The molecule has 0 spiro atoms. The molecule has 0 aromatic carbocycles. The van der Waals surface area contributed by atoms with Crippen LogP contribution in [0.15, 0.2) is 17.1 Å². The van der Waals surface area contributed by atoms with Crippen molar-refractivity contribution >= 4 is 5.69 Å². The van der Waals surface area contributed by atoms with Crippen molar-refractivity contribution in [2.24, 2.45) is 5.92 Å². The molecule has 5 nitrogen and oxygen atoms in total. The van der Waals surface area contributed by atoms with Crippen LogP contribution in [-0.2, 0) is 6.54 Å². The second-order valence-corrected chi connectivity index (χ2v) is 4.31. The number of nitrogens with zero attached hydrogens (tertiary/aromatic N) is 2. The van der Waals surface area contributed by atoms with E-state index in [0.717, 1.165) is 25.2 Å². The van der Waals surface area contributed by atoms with Crippen molar-refractivity contribution in [3.63, 3.8) is 0 Å². The van der Waals surface area contributed by atoms with E-state index in [1.54, 1.807) is 12.3 Å². The maximum Gasteiger partial charge on any atom is 0.268 e. The molecule has 2 N–H and O–H groups in total. The van der Waals surface area contributed by atoms with Crippen LogP contribution in [0.1, 0.15) is 20.3 Å². The maximum absolute atomic E-state index is 11.8. The third-order valence-corrected chi connectivity index (χ3v) is 2.76. The molecule has 0 saturated carbocycles. The largest absolute Gasteiger partial charge is 0.382 e. The van der Waals surface area contributed by atoms with Crippen LogP contribution >= 0.6 is 0 Å². The molecule has 0 aliphatic carbocycles. The molecule has 17 heavy (non-hydrogen) atoms. The second-order valence-electron chi connectivity index (χ2n) is 4.31. The average molecular weight is 238 g/mol. The first kappa shape index (κ1) is 13.7. The number of hydrogen-bond donors (Lipinski definition) is 2. The van der Waals surface area contributed by atoms with Crippen LogP contribution < -0.4 is 16.2 Å². The van der Waals surface area contributed by atoms with Crippen LogP contribution in [0.4, 0.5) is 5.69 Å². The lowest BCUT2D eigenvalue weighted by Gasteiger charge is -2.11. The van der Waals surface area contributed by atoms with Gasteiger partial charge in [-0.15, -0.1) is 0 Å². The van der Waals surface area contributed by atoms with Gasteiger partial charge < -0.3 is 10.6 Å². The first-order valence-electron chi connectivity index (χ1n) is 6.13. The maximum atomic E-state index is 11.8. The predicted octanol–water partition coefficient (Wildman–Crippen LogP) is 0.921. The number of nitrogens with one attached hydrogen (secondary N) is 2. The smallest absolute Gasteiger partial charge is 0.268 e. The van der Waals surface area contributed by atoms with Gasteiger partial charge in [-0.25, -0.2) is 4.68 Å². The Labute approximate surface area is 102 Å². The second kappa shape index (κ2) is 7.06. The molecular weight excluding hydrogens is 216 g/mol. The summed E-state index contributed by atoms with van der Waals surface area (Å²) in [6, 6.07) is 1.60. The monoisotopic (exact) mass is 238 g/mol. The molecule has 1 atom stereocenters. The molecule has 1 aromatic heterocycles. The molecule has 0 radical (unpaired) electrons. The highest BCUT2D eigenvalue weighted by molar-refractivity contribution is 5.38. The summed E-state index contributed by atoms with van der Waals surface area (Å²) in [5.74, 6) is 0.475. The van der Waals surface area contributed by atoms with Crippen LogP contribution in [-0.4, -0.2) is 29.9 Å². The van der Waals surface area contributed by atoms with Crippen LogP contribution in [0, 0.1) is 5.92 Å². The Morgan fingerprint density at radius 2 is 2.24 bits per heavy atom. The van der Waals surface area contributed by atoms with Gasteiger partial charge >= 0.3 is 0 Å². The minimum Gasteiger partial charge on any atom is -0.382 e. The van der Waals surface area contributed by atoms with E-state index in [9.17, 15) is 4.79 Å². The van der Waals surface area contributed by atoms with E-state index in [1.165, 1.54) is 4.68 Å². The zero-order valence-corrected chi connectivity index (χ0v) is 10.9. The summed E-state index contributed by atoms with van der Waals surface area (Å²) >= 11 is 0. The molecular formula is C12H22N4O. The quantitative estimate of drug-likeness (QED) is 0.694. The molecule has 0 aliphatic rings. The minimum absolute atomic E-state index is 0.0419. The summed E-state index contributed by atoms with van der Waals surface area (Å²) in [7, 11) is 1.89. The standard InChI is InChI=1S/C12H22N4O/c1-4-10(2)9-16-12(17)7-11(8-15-16)14-6-5-13-3/h7-8,10,13-14H,4-6,9H2,1-3H3. The molecule has 0 aliphatic heterocycles. The number of likely N-dealkylation sites (N-methyl/N-ethyl adjacent to an activating group) is 1. The van der Waals surface area contributed by atoms with Crippen molar-refractivity contribution in [2.45, 2.75) is 26.8 Å². The first-order valence-corrected chi connectivity index (χ1v) is 6.13. The Kier molecular flexibility index (Phi) is 5.69. The Morgan fingerprint density at radius 3 is 2.82 bits per heavy atom. The molecule has 0 amide bonds. The molecule has 1 aromatic rings. The van der Waals surface area contributed by atoms with Crippen molar-refractivity contribution in [1.82, 2.24) is 15.1 Å². The third kappa shape index (κ3) is 4.56. The Hall–Kier alpha value is -1.36. The molecule has 1 unspecified atom stereocenters. The lowest BCUT2D eigenvalue weighted by Crippen LogP contribution is -2.26. The summed E-state index contributed by atoms with van der Waals surface area (Å²) in [6.45, 7) is 6.56. The average Bonchev–Trinajstić information content (AvgIpc) is 2.32. The fourth-order valence-electron chi connectivity index (χ4n) is 1.42. The summed E-state index contributed by atoms with van der Waals surface area (Å²) in [6.07, 6.45) is 2.76. The zero-order valence-electron chi connectivity index (χ0n) is 10.9. The number of anilines is 1. The molecule has 1 rings (SSSR count). The van der Waals surface area contributed by atoms with E-state index >= 15 is 0 Å². The van der Waals surface area contributed by atoms with Crippen LogP contribution in [0.3, 0.4) is 0 Å². The third-order valence-electron chi connectivity index (χ3n) is 2.76. The van der Waals surface area contributed by atoms with Gasteiger partial charge in [0, 0.05) is 25.7 Å². The lowest BCUT2D eigenvalue weighted by atomic mass is 10.1. The van der Waals surface area contributed by atoms with Gasteiger partial charge in [0.15, 0.2) is 0 Å². The van der Waals surface area contributed by atoms with Gasteiger partial charge in [-0.3, -0.25) is 4.79 Å². The lowest BCUT2D eigenvalue weighted by molar-refractivity contribution is 0.424. The van der Waals surface area contributed by atoms with Gasteiger partial charge in [0.1, 0.15) is 0 Å². The van der Waals surface area contributed by atoms with Crippen LogP contribution in [0.25, 0.3) is 0 Å². The zero-order chi connectivity index (χ0) is 12.7. The first-order chi connectivity index (χ1) is 8.17. The SMILES string of the molecule is CCC(C)Cn1ncc(NCCNC)cc1=O. The number of hydrogen-bond acceptors (Lipinski definition) is 4. The fourth-order valence-corrected chi connectivity index (χ4v) is 1.42. The highest BCUT2D eigenvalue weighted by Gasteiger charge is 2.04. The molecule has 96 valence electrons. The van der Waals surface area contributed by atoms with E-state index in [0.29, 0.717) is 12.5 Å². The minimum atomic E-state index is -0.0419. The normalized spacial score (nSPS) is 12.4. The highest BCUT2D eigenvalue weighted by atomic mass is 16.1. The van der Waals surface area contributed by atoms with Crippen molar-refractivity contribution in [1.29, 1.82) is 0 Å². The fraction of sp³-hybridized carbons (Fsp3) is 0.667. The highest BCUT2D eigenvalue weighted by Crippen LogP contribution is 2.03. The molecule has 1 heterocycles. The predicted molar refractivity (Wildman–Crippen MR) is 70.4 cm³/mol. The van der Waals surface area contributed by atoms with Crippen molar-refractivity contribution in [3.8, 4) is 0 Å². The van der Waals surface area contributed by atoms with Gasteiger partial charge in [0.25, 0.3) is 5.56 Å². The van der Waals surface area contributed by atoms with E-state index in [-0.39, 0.29) is 5.56 Å².